The molecular formula is C73H50FIrN4. The topological polar surface area (TPSA) is 43.6 Å². The predicted octanol–water partition coefficient (Wildman–Crippen LogP) is 17.7. The zero-order valence-electron chi connectivity index (χ0n) is 43.1. The summed E-state index contributed by atoms with van der Waals surface area (Å²) in [4.78, 5) is 14.2. The van der Waals surface area contributed by atoms with E-state index in [-0.39, 0.29) is 25.9 Å². The Morgan fingerprint density at radius 3 is 1.56 bits per heavy atom. The molecule has 4 heterocycles. The molecule has 0 unspecified atom stereocenters. The third-order valence-corrected chi connectivity index (χ3v) is 14.8. The summed E-state index contributed by atoms with van der Waals surface area (Å²) in [6.07, 6.45) is 8.82. The van der Waals surface area contributed by atoms with Crippen molar-refractivity contribution < 1.29 is 24.5 Å². The summed E-state index contributed by atoms with van der Waals surface area (Å²) in [5.41, 5.74) is 21.3. The maximum absolute atomic E-state index is 16.0. The molecule has 6 heteroatoms. The normalized spacial score (nSPS) is 11.2. The van der Waals surface area contributed by atoms with E-state index in [1.54, 1.807) is 12.1 Å². The fourth-order valence-corrected chi connectivity index (χ4v) is 10.8. The van der Waals surface area contributed by atoms with Crippen LogP contribution in [0.25, 0.3) is 106 Å². The van der Waals surface area contributed by atoms with Crippen LogP contribution in [0.1, 0.15) is 22.3 Å². The maximum atomic E-state index is 16.0. The summed E-state index contributed by atoms with van der Waals surface area (Å²) in [6.45, 7) is 0. The molecule has 0 atom stereocenters. The van der Waals surface area contributed by atoms with Gasteiger partial charge in [-0.05, 0) is 111 Å². The summed E-state index contributed by atoms with van der Waals surface area (Å²) < 4.78 is 18.4. The van der Waals surface area contributed by atoms with Crippen molar-refractivity contribution in [2.45, 2.75) is 25.7 Å². The van der Waals surface area contributed by atoms with E-state index in [2.05, 4.69) is 203 Å². The molecule has 4 aromatic heterocycles. The van der Waals surface area contributed by atoms with Crippen molar-refractivity contribution in [3.8, 4) is 84.0 Å². The van der Waals surface area contributed by atoms with Crippen molar-refractivity contribution >= 4 is 21.8 Å². The minimum atomic E-state index is -0.298. The first-order valence-electron chi connectivity index (χ1n) is 26.5. The minimum Gasteiger partial charge on any atom is -0.310 e. The van der Waals surface area contributed by atoms with Crippen LogP contribution in [0.4, 0.5) is 4.39 Å². The van der Waals surface area contributed by atoms with E-state index in [0.717, 1.165) is 131 Å². The number of aryl methyl sites for hydroxylation is 4. The summed E-state index contributed by atoms with van der Waals surface area (Å²) >= 11 is 0. The monoisotopic (exact) mass is 1190 g/mol. The van der Waals surface area contributed by atoms with Crippen LogP contribution in [0.2, 0.25) is 0 Å². The van der Waals surface area contributed by atoms with E-state index in [9.17, 15) is 0 Å². The molecule has 13 aromatic rings. The van der Waals surface area contributed by atoms with Crippen molar-refractivity contribution in [2.75, 3.05) is 0 Å². The summed E-state index contributed by atoms with van der Waals surface area (Å²) in [5, 5.41) is 2.23. The van der Waals surface area contributed by atoms with E-state index in [1.807, 2.05) is 73.2 Å². The molecule has 4 nitrogen and oxygen atoms in total. The Labute approximate surface area is 474 Å². The Bertz CT molecular complexity index is 4120. The van der Waals surface area contributed by atoms with Crippen LogP contribution in [-0.2, 0) is 45.8 Å². The molecule has 0 aliphatic heterocycles. The van der Waals surface area contributed by atoms with Crippen molar-refractivity contribution in [1.29, 1.82) is 0 Å². The van der Waals surface area contributed by atoms with Crippen LogP contribution >= 0.6 is 0 Å². The SMILES string of the molecule is Fc1ccc(-c2c[c-]c(-c3cc4c(cn3)c3ccccc3n4-c3ccccc3)cc2-c2ccc(-c3ccccc3)cc2)c(-c2cc(CCc3c[c-]c(-c4ccccn4)cc3)cc(CCc3c[c-]c(-c4ccccn4)cc3)c2)c1.[Ir+3]. The zero-order chi connectivity index (χ0) is 52.2. The second kappa shape index (κ2) is 22.8. The second-order valence-corrected chi connectivity index (χ2v) is 19.8. The van der Waals surface area contributed by atoms with Gasteiger partial charge in [0, 0.05) is 40.6 Å². The first-order chi connectivity index (χ1) is 38.5. The number of hydrogen-bond acceptors (Lipinski definition) is 3. The van der Waals surface area contributed by atoms with Gasteiger partial charge in [-0.3, -0.25) is 0 Å². The van der Waals surface area contributed by atoms with Crippen molar-refractivity contribution in [1.82, 2.24) is 19.5 Å². The van der Waals surface area contributed by atoms with Gasteiger partial charge in [-0.25, -0.2) is 4.39 Å². The first kappa shape index (κ1) is 50.6. The fourth-order valence-electron chi connectivity index (χ4n) is 10.8. The van der Waals surface area contributed by atoms with Gasteiger partial charge in [-0.15, -0.1) is 94.5 Å². The molecule has 0 radical (unpaired) electrons. The molecule has 378 valence electrons. The van der Waals surface area contributed by atoms with Crippen LogP contribution in [0.15, 0.2) is 255 Å². The van der Waals surface area contributed by atoms with Crippen LogP contribution in [-0.4, -0.2) is 19.5 Å². The van der Waals surface area contributed by atoms with E-state index in [4.69, 9.17) is 4.98 Å². The molecule has 0 saturated heterocycles. The van der Waals surface area contributed by atoms with E-state index >= 15 is 4.39 Å². The number of benzene rings is 9. The Hall–Kier alpha value is -9.19. The van der Waals surface area contributed by atoms with Crippen molar-refractivity contribution in [3.63, 3.8) is 0 Å². The van der Waals surface area contributed by atoms with Crippen LogP contribution in [0.5, 0.6) is 0 Å². The fraction of sp³-hybridized carbons (Fsp3) is 0.0548. The molecule has 0 aliphatic carbocycles. The van der Waals surface area contributed by atoms with Gasteiger partial charge in [0.15, 0.2) is 0 Å². The summed E-state index contributed by atoms with van der Waals surface area (Å²) in [5.74, 6) is -0.298. The Kier molecular flexibility index (Phi) is 14.6. The average molecular weight is 1190 g/mol. The van der Waals surface area contributed by atoms with Gasteiger partial charge in [0.1, 0.15) is 5.82 Å². The molecular weight excluding hydrogens is 1140 g/mol. The first-order valence-corrected chi connectivity index (χ1v) is 26.5. The van der Waals surface area contributed by atoms with Crippen molar-refractivity contribution in [3.05, 3.63) is 301 Å². The largest absolute Gasteiger partial charge is 3.00 e. The Balaban J connectivity index is 0.00000623. The number of fused-ring (bicyclic) bond motifs is 3. The molecule has 0 amide bonds. The van der Waals surface area contributed by atoms with Gasteiger partial charge in [-0.1, -0.05) is 175 Å². The van der Waals surface area contributed by atoms with Crippen LogP contribution in [0, 0.1) is 24.0 Å². The van der Waals surface area contributed by atoms with Gasteiger partial charge in [0.2, 0.25) is 0 Å². The van der Waals surface area contributed by atoms with Gasteiger partial charge >= 0.3 is 20.1 Å². The standard InChI is InChI=1S/C73H50FN4.Ir/c74-61-38-40-64(67(47-61)60-44-52(23-21-50-25-29-57(30-26-50)69-18-9-11-41-75-69)43-53(45-60)24-22-51-27-31-58(32-28-51)70-19-10-12-42-76-70)63-39-37-59(46-66(63)56-35-33-55(34-36-56)54-13-3-1-4-14-54)71-48-73-68(49-77-71)65-17-7-8-20-72(65)78(73)62-15-5-2-6-16-62;/h1-20,25-29,31,33-36,38-49H,21-24H2;/q-3;+3. The number of hydrogen-bond donors (Lipinski definition) is 0. The van der Waals surface area contributed by atoms with Crippen molar-refractivity contribution in [2.24, 2.45) is 0 Å². The maximum Gasteiger partial charge on any atom is 3.00 e. The van der Waals surface area contributed by atoms with E-state index < -0.39 is 0 Å². The summed E-state index contributed by atoms with van der Waals surface area (Å²) in [7, 11) is 0. The number of nitrogens with zero attached hydrogens (tertiary/aromatic N) is 4. The number of rotatable bonds is 14. The number of halogens is 1. The predicted molar refractivity (Wildman–Crippen MR) is 316 cm³/mol. The van der Waals surface area contributed by atoms with Gasteiger partial charge in [-0.2, -0.15) is 0 Å². The Morgan fingerprint density at radius 1 is 0.354 bits per heavy atom. The number of para-hydroxylation sites is 2. The Morgan fingerprint density at radius 2 is 0.924 bits per heavy atom. The second-order valence-electron chi connectivity index (χ2n) is 19.8. The molecule has 0 aliphatic rings. The van der Waals surface area contributed by atoms with Gasteiger partial charge in [0.25, 0.3) is 0 Å². The average Bonchev–Trinajstić information content (AvgIpc) is 3.87. The molecule has 9 aromatic carbocycles. The van der Waals surface area contributed by atoms with Gasteiger partial charge < -0.3 is 19.5 Å². The number of pyridine rings is 3. The van der Waals surface area contributed by atoms with E-state index in [1.165, 1.54) is 22.3 Å². The molecule has 79 heavy (non-hydrogen) atoms. The zero-order valence-corrected chi connectivity index (χ0v) is 45.5. The number of aromatic nitrogens is 4. The minimum absolute atomic E-state index is 0. The summed E-state index contributed by atoms with van der Waals surface area (Å²) in [6, 6.07) is 91.9. The molecule has 0 saturated carbocycles. The molecule has 0 bridgehead atoms. The third kappa shape index (κ3) is 10.8. The van der Waals surface area contributed by atoms with E-state index in [0.29, 0.717) is 0 Å². The molecule has 0 N–H and O–H groups in total. The van der Waals surface area contributed by atoms with Crippen LogP contribution in [0.3, 0.4) is 0 Å². The molecule has 13 rings (SSSR count). The van der Waals surface area contributed by atoms with Gasteiger partial charge in [0.05, 0.1) is 5.52 Å². The smallest absolute Gasteiger partial charge is 0.310 e. The molecule has 0 fully saturated rings. The van der Waals surface area contributed by atoms with Crippen LogP contribution < -0.4 is 0 Å². The molecule has 0 spiro atoms. The third-order valence-electron chi connectivity index (χ3n) is 14.8. The quantitative estimate of drug-likeness (QED) is 0.102.